The van der Waals surface area contributed by atoms with Crippen molar-refractivity contribution in [2.45, 2.75) is 25.5 Å². The highest BCUT2D eigenvalue weighted by Crippen LogP contribution is 2.30. The number of hydrogen-bond acceptors (Lipinski definition) is 3. The summed E-state index contributed by atoms with van der Waals surface area (Å²) < 4.78 is 7.45. The van der Waals surface area contributed by atoms with Gasteiger partial charge in [0.05, 0.1) is 6.04 Å². The molecule has 0 spiro atoms. The fraction of sp³-hybridized carbons (Fsp3) is 0.333. The molecule has 2 atom stereocenters. The maximum Gasteiger partial charge on any atom is 0.268 e. The molecule has 5 nitrogen and oxygen atoms in total. The average molecular weight is 347 g/mol. The van der Waals surface area contributed by atoms with E-state index < -0.39 is 0 Å². The number of nitrogens with zero attached hydrogens (tertiary/aromatic N) is 1. The first-order valence-corrected chi connectivity index (χ1v) is 8.18. The van der Waals surface area contributed by atoms with Crippen molar-refractivity contribution in [2.24, 2.45) is 7.05 Å². The molecule has 0 unspecified atom stereocenters. The first-order valence-electron chi connectivity index (χ1n) is 7.81. The smallest absolute Gasteiger partial charge is 0.268 e. The first kappa shape index (κ1) is 16.7. The van der Waals surface area contributed by atoms with Gasteiger partial charge in [-0.05, 0) is 37.1 Å². The van der Waals surface area contributed by atoms with Gasteiger partial charge >= 0.3 is 0 Å². The summed E-state index contributed by atoms with van der Waals surface area (Å²) in [5.74, 6) is -0.271. The third-order valence-corrected chi connectivity index (χ3v) is 4.50. The molecule has 1 aromatic heterocycles. The van der Waals surface area contributed by atoms with Crippen molar-refractivity contribution >= 4 is 23.3 Å². The van der Waals surface area contributed by atoms with Gasteiger partial charge in [-0.25, -0.2) is 0 Å². The van der Waals surface area contributed by atoms with Gasteiger partial charge in [0.1, 0.15) is 11.8 Å². The summed E-state index contributed by atoms with van der Waals surface area (Å²) >= 11 is 5.92. The minimum Gasteiger partial charge on any atom is -0.371 e. The number of aromatic nitrogens is 1. The van der Waals surface area contributed by atoms with E-state index in [-0.39, 0.29) is 23.8 Å². The number of ketones is 1. The number of Topliss-reactive ketones (excluding diaryl/α,β-unsaturated/α-hetero) is 1. The highest BCUT2D eigenvalue weighted by atomic mass is 35.5. The lowest BCUT2D eigenvalue weighted by Gasteiger charge is -2.20. The van der Waals surface area contributed by atoms with Gasteiger partial charge in [-0.1, -0.05) is 23.7 Å². The van der Waals surface area contributed by atoms with E-state index in [0.717, 1.165) is 12.0 Å². The average Bonchev–Trinajstić information content (AvgIpc) is 3.15. The lowest BCUT2D eigenvalue weighted by molar-refractivity contribution is 0.0816. The van der Waals surface area contributed by atoms with Gasteiger partial charge in [-0.15, -0.1) is 0 Å². The minimum absolute atomic E-state index is 0.0621. The van der Waals surface area contributed by atoms with E-state index in [2.05, 4.69) is 5.32 Å². The van der Waals surface area contributed by atoms with Gasteiger partial charge in [-0.2, -0.15) is 0 Å². The molecule has 1 aliphatic rings. The number of hydrogen-bond donors (Lipinski definition) is 1. The van der Waals surface area contributed by atoms with Crippen LogP contribution >= 0.6 is 11.6 Å². The number of nitrogens with one attached hydrogen (secondary N) is 1. The lowest BCUT2D eigenvalue weighted by atomic mass is 10.0. The molecule has 2 aromatic rings. The van der Waals surface area contributed by atoms with Crippen LogP contribution in [0.1, 0.15) is 45.9 Å². The fourth-order valence-corrected chi connectivity index (χ4v) is 3.07. The van der Waals surface area contributed by atoms with Crippen molar-refractivity contribution in [2.75, 3.05) is 6.61 Å². The zero-order valence-corrected chi connectivity index (χ0v) is 14.3. The molecule has 1 N–H and O–H groups in total. The van der Waals surface area contributed by atoms with Gasteiger partial charge in [0.25, 0.3) is 5.91 Å². The molecule has 2 heterocycles. The summed E-state index contributed by atoms with van der Waals surface area (Å²) in [6.07, 6.45) is 2.21. The zero-order chi connectivity index (χ0) is 17.3. The molecular weight excluding hydrogens is 328 g/mol. The Labute approximate surface area is 145 Å². The summed E-state index contributed by atoms with van der Waals surface area (Å²) in [7, 11) is 1.75. The molecule has 24 heavy (non-hydrogen) atoms. The highest BCUT2D eigenvalue weighted by Gasteiger charge is 2.31. The predicted molar refractivity (Wildman–Crippen MR) is 91.4 cm³/mol. The first-order chi connectivity index (χ1) is 11.5. The molecule has 0 saturated carbocycles. The van der Waals surface area contributed by atoms with Gasteiger partial charge in [0.15, 0.2) is 5.78 Å². The molecule has 1 fully saturated rings. The summed E-state index contributed by atoms with van der Waals surface area (Å²) in [6, 6.07) is 8.95. The lowest BCUT2D eigenvalue weighted by Crippen LogP contribution is -2.37. The Morgan fingerprint density at radius 2 is 2.00 bits per heavy atom. The second-order valence-electron chi connectivity index (χ2n) is 5.99. The van der Waals surface area contributed by atoms with Gasteiger partial charge in [0, 0.05) is 30.4 Å². The number of carbonyl (C=O) groups excluding carboxylic acids is 2. The molecule has 3 rings (SSSR count). The van der Waals surface area contributed by atoms with Crippen molar-refractivity contribution in [1.29, 1.82) is 0 Å². The maximum absolute atomic E-state index is 12.6. The van der Waals surface area contributed by atoms with Crippen molar-refractivity contribution < 1.29 is 14.3 Å². The third-order valence-electron chi connectivity index (χ3n) is 4.25. The molecule has 126 valence electrons. The van der Waals surface area contributed by atoms with Crippen LogP contribution in [0.5, 0.6) is 0 Å². The zero-order valence-electron chi connectivity index (χ0n) is 13.6. The van der Waals surface area contributed by atoms with E-state index in [0.29, 0.717) is 22.9 Å². The van der Waals surface area contributed by atoms with E-state index in [1.54, 1.807) is 23.9 Å². The van der Waals surface area contributed by atoms with E-state index in [9.17, 15) is 9.59 Å². The van der Waals surface area contributed by atoms with Crippen molar-refractivity contribution in [3.05, 3.63) is 58.4 Å². The van der Waals surface area contributed by atoms with E-state index >= 15 is 0 Å². The standard InChI is InChI=1S/C18H19ClN2O3/c1-11(22)13-9-16(21(2)10-13)18(23)20-15-7-8-24-17(15)12-3-5-14(19)6-4-12/h3-6,9-10,15,17H,7-8H2,1-2H3,(H,20,23)/t15-,17+/m1/s1. The molecule has 0 bridgehead atoms. The topological polar surface area (TPSA) is 60.3 Å². The van der Waals surface area contributed by atoms with Crippen LogP contribution in [-0.4, -0.2) is 28.9 Å². The van der Waals surface area contributed by atoms with Crippen LogP contribution in [0.15, 0.2) is 36.5 Å². The number of aryl methyl sites for hydroxylation is 1. The maximum atomic E-state index is 12.6. The number of halogens is 1. The fourth-order valence-electron chi connectivity index (χ4n) is 2.94. The molecule has 0 radical (unpaired) electrons. The summed E-state index contributed by atoms with van der Waals surface area (Å²) in [5.41, 5.74) is 1.97. The van der Waals surface area contributed by atoms with Crippen molar-refractivity contribution in [3.8, 4) is 0 Å². The second-order valence-corrected chi connectivity index (χ2v) is 6.43. The van der Waals surface area contributed by atoms with Crippen LogP contribution in [0.4, 0.5) is 0 Å². The Hall–Kier alpha value is -2.11. The molecular formula is C18H19ClN2O3. The molecule has 1 aliphatic heterocycles. The Morgan fingerprint density at radius 3 is 2.62 bits per heavy atom. The minimum atomic E-state index is -0.209. The van der Waals surface area contributed by atoms with Crippen LogP contribution < -0.4 is 5.32 Å². The summed E-state index contributed by atoms with van der Waals surface area (Å²) in [4.78, 5) is 24.0. The second kappa shape index (κ2) is 6.79. The number of ether oxygens (including phenoxy) is 1. The Morgan fingerprint density at radius 1 is 1.29 bits per heavy atom. The van der Waals surface area contributed by atoms with Crippen molar-refractivity contribution in [3.63, 3.8) is 0 Å². The molecule has 1 saturated heterocycles. The quantitative estimate of drug-likeness (QED) is 0.865. The van der Waals surface area contributed by atoms with E-state index in [4.69, 9.17) is 16.3 Å². The number of carbonyl (C=O) groups is 2. The number of benzene rings is 1. The monoisotopic (exact) mass is 346 g/mol. The summed E-state index contributed by atoms with van der Waals surface area (Å²) in [5, 5.41) is 3.69. The summed E-state index contributed by atoms with van der Waals surface area (Å²) in [6.45, 7) is 2.07. The SMILES string of the molecule is CC(=O)c1cc(C(=O)N[C@@H]2CCO[C@H]2c2ccc(Cl)cc2)n(C)c1. The molecule has 6 heteroatoms. The number of rotatable bonds is 4. The Bertz CT molecular complexity index is 767. The van der Waals surface area contributed by atoms with Gasteiger partial charge < -0.3 is 14.6 Å². The molecule has 1 amide bonds. The normalized spacial score (nSPS) is 20.1. The van der Waals surface area contributed by atoms with Crippen LogP contribution in [0.3, 0.4) is 0 Å². The third kappa shape index (κ3) is 3.37. The van der Waals surface area contributed by atoms with Crippen LogP contribution in [0, 0.1) is 0 Å². The van der Waals surface area contributed by atoms with Gasteiger partial charge in [0.2, 0.25) is 0 Å². The van der Waals surface area contributed by atoms with Crippen LogP contribution in [0.25, 0.3) is 0 Å². The Kier molecular flexibility index (Phi) is 4.73. The van der Waals surface area contributed by atoms with E-state index in [1.165, 1.54) is 6.92 Å². The number of amides is 1. The van der Waals surface area contributed by atoms with Crippen molar-refractivity contribution in [1.82, 2.24) is 9.88 Å². The predicted octanol–water partition coefficient (Wildman–Crippen LogP) is 3.14. The molecule has 0 aliphatic carbocycles. The van der Waals surface area contributed by atoms with E-state index in [1.807, 2.05) is 24.3 Å². The van der Waals surface area contributed by atoms with Gasteiger partial charge in [-0.3, -0.25) is 9.59 Å². The highest BCUT2D eigenvalue weighted by molar-refractivity contribution is 6.30. The largest absolute Gasteiger partial charge is 0.371 e. The van der Waals surface area contributed by atoms with Crippen LogP contribution in [0.2, 0.25) is 5.02 Å². The molecule has 1 aromatic carbocycles. The van der Waals surface area contributed by atoms with Crippen LogP contribution in [-0.2, 0) is 11.8 Å². The Balaban J connectivity index is 1.76.